The van der Waals surface area contributed by atoms with Gasteiger partial charge in [0.15, 0.2) is 0 Å². The molecule has 0 aliphatic carbocycles. The van der Waals surface area contributed by atoms with Crippen molar-refractivity contribution < 1.29 is 14.7 Å². The third kappa shape index (κ3) is 2.36. The second-order valence-electron chi connectivity index (χ2n) is 5.93. The Balaban J connectivity index is 1.93. The number of amides is 1. The lowest BCUT2D eigenvalue weighted by Gasteiger charge is -2.37. The number of carbonyl (C=O) groups excluding carboxylic acids is 1. The van der Waals surface area contributed by atoms with E-state index in [-0.39, 0.29) is 11.8 Å². The van der Waals surface area contributed by atoms with E-state index in [2.05, 4.69) is 12.2 Å². The maximum Gasteiger partial charge on any atom is 0.309 e. The quantitative estimate of drug-likeness (QED) is 0.755. The van der Waals surface area contributed by atoms with Crippen molar-refractivity contribution in [3.05, 3.63) is 0 Å². The number of aliphatic carboxylic acids is 1. The number of carboxylic acid groups (broad SMARTS) is 1. The van der Waals surface area contributed by atoms with Gasteiger partial charge in [0.05, 0.1) is 11.3 Å². The van der Waals surface area contributed by atoms with Crippen molar-refractivity contribution in [1.29, 1.82) is 0 Å². The SMILES string of the molecule is CC1CNCC1C(=O)N1CCC(C)(C(=O)O)CC1. The second kappa shape index (κ2) is 4.88. The van der Waals surface area contributed by atoms with E-state index in [4.69, 9.17) is 5.11 Å². The van der Waals surface area contributed by atoms with Crippen LogP contribution in [0.4, 0.5) is 0 Å². The summed E-state index contributed by atoms with van der Waals surface area (Å²) in [5.41, 5.74) is -0.656. The number of nitrogens with one attached hydrogen (secondary N) is 1. The van der Waals surface area contributed by atoms with Crippen LogP contribution in [0, 0.1) is 17.3 Å². The van der Waals surface area contributed by atoms with Gasteiger partial charge in [-0.1, -0.05) is 6.92 Å². The molecular formula is C13H22N2O3. The van der Waals surface area contributed by atoms with Gasteiger partial charge in [-0.05, 0) is 32.2 Å². The van der Waals surface area contributed by atoms with Crippen LogP contribution in [0.3, 0.4) is 0 Å². The van der Waals surface area contributed by atoms with Crippen LogP contribution in [0.5, 0.6) is 0 Å². The van der Waals surface area contributed by atoms with Crippen molar-refractivity contribution in [1.82, 2.24) is 10.2 Å². The topological polar surface area (TPSA) is 69.6 Å². The number of rotatable bonds is 2. The fraction of sp³-hybridized carbons (Fsp3) is 0.846. The van der Waals surface area contributed by atoms with Crippen LogP contribution in [0.25, 0.3) is 0 Å². The lowest BCUT2D eigenvalue weighted by atomic mass is 9.80. The summed E-state index contributed by atoms with van der Waals surface area (Å²) in [7, 11) is 0. The fourth-order valence-electron chi connectivity index (χ4n) is 2.81. The van der Waals surface area contributed by atoms with Crippen LogP contribution in [0.15, 0.2) is 0 Å². The molecule has 0 saturated carbocycles. The molecule has 0 aromatic carbocycles. The first-order valence-electron chi connectivity index (χ1n) is 6.67. The Hall–Kier alpha value is -1.10. The summed E-state index contributed by atoms with van der Waals surface area (Å²) in [6.45, 7) is 6.67. The van der Waals surface area contributed by atoms with Crippen molar-refractivity contribution in [3.63, 3.8) is 0 Å². The van der Waals surface area contributed by atoms with Crippen LogP contribution in [0.1, 0.15) is 26.7 Å². The van der Waals surface area contributed by atoms with Gasteiger partial charge in [0.2, 0.25) is 5.91 Å². The molecule has 0 aromatic rings. The van der Waals surface area contributed by atoms with E-state index in [1.54, 1.807) is 6.92 Å². The molecule has 2 aliphatic rings. The van der Waals surface area contributed by atoms with Gasteiger partial charge in [-0.15, -0.1) is 0 Å². The molecule has 0 bridgehead atoms. The van der Waals surface area contributed by atoms with Gasteiger partial charge in [0.25, 0.3) is 0 Å². The number of carboxylic acids is 1. The van der Waals surface area contributed by atoms with Gasteiger partial charge in [0, 0.05) is 19.6 Å². The van der Waals surface area contributed by atoms with Crippen LogP contribution < -0.4 is 5.32 Å². The molecule has 5 heteroatoms. The minimum atomic E-state index is -0.745. The van der Waals surface area contributed by atoms with Crippen LogP contribution in [0.2, 0.25) is 0 Å². The standard InChI is InChI=1S/C13H22N2O3/c1-9-7-14-8-10(9)11(16)15-5-3-13(2,4-6-15)12(17)18/h9-10,14H,3-8H2,1-2H3,(H,17,18). The number of nitrogens with zero attached hydrogens (tertiary/aromatic N) is 1. The Morgan fingerprint density at radius 2 is 1.89 bits per heavy atom. The molecule has 0 spiro atoms. The van der Waals surface area contributed by atoms with E-state index < -0.39 is 11.4 Å². The highest BCUT2D eigenvalue weighted by Crippen LogP contribution is 2.32. The molecule has 18 heavy (non-hydrogen) atoms. The van der Waals surface area contributed by atoms with E-state index >= 15 is 0 Å². The largest absolute Gasteiger partial charge is 0.481 e. The van der Waals surface area contributed by atoms with Gasteiger partial charge in [-0.2, -0.15) is 0 Å². The number of hydrogen-bond donors (Lipinski definition) is 2. The summed E-state index contributed by atoms with van der Waals surface area (Å²) in [6, 6.07) is 0. The molecule has 2 fully saturated rings. The van der Waals surface area contributed by atoms with E-state index in [0.29, 0.717) is 31.8 Å². The monoisotopic (exact) mass is 254 g/mol. The summed E-state index contributed by atoms with van der Waals surface area (Å²) in [6.07, 6.45) is 1.12. The molecule has 2 aliphatic heterocycles. The molecule has 2 unspecified atom stereocenters. The zero-order valence-corrected chi connectivity index (χ0v) is 11.1. The highest BCUT2D eigenvalue weighted by molar-refractivity contribution is 5.80. The van der Waals surface area contributed by atoms with Gasteiger partial charge in [-0.25, -0.2) is 0 Å². The van der Waals surface area contributed by atoms with Crippen molar-refractivity contribution in [3.8, 4) is 0 Å². The second-order valence-corrected chi connectivity index (χ2v) is 5.93. The van der Waals surface area contributed by atoms with Gasteiger partial charge in [-0.3, -0.25) is 9.59 Å². The predicted octanol–water partition coefficient (Wildman–Crippen LogP) is 0.555. The number of piperidine rings is 1. The zero-order valence-electron chi connectivity index (χ0n) is 11.1. The molecule has 2 atom stereocenters. The van der Waals surface area contributed by atoms with E-state index in [0.717, 1.165) is 13.1 Å². The first-order valence-corrected chi connectivity index (χ1v) is 6.67. The molecule has 2 N–H and O–H groups in total. The number of carbonyl (C=O) groups is 2. The third-order valence-corrected chi connectivity index (χ3v) is 4.53. The van der Waals surface area contributed by atoms with Crippen molar-refractivity contribution in [2.45, 2.75) is 26.7 Å². The summed E-state index contributed by atoms with van der Waals surface area (Å²) >= 11 is 0. The Kier molecular flexibility index (Phi) is 3.61. The lowest BCUT2D eigenvalue weighted by Crippen LogP contribution is -2.48. The minimum Gasteiger partial charge on any atom is -0.481 e. The van der Waals surface area contributed by atoms with Crippen molar-refractivity contribution >= 4 is 11.9 Å². The summed E-state index contributed by atoms with van der Waals surface area (Å²) < 4.78 is 0. The Morgan fingerprint density at radius 3 is 2.33 bits per heavy atom. The first kappa shape index (κ1) is 13.3. The van der Waals surface area contributed by atoms with Crippen LogP contribution in [-0.2, 0) is 9.59 Å². The van der Waals surface area contributed by atoms with Crippen molar-refractivity contribution in [2.75, 3.05) is 26.2 Å². The number of hydrogen-bond acceptors (Lipinski definition) is 3. The highest BCUT2D eigenvalue weighted by atomic mass is 16.4. The Bertz CT molecular complexity index is 348. The molecule has 0 aromatic heterocycles. The van der Waals surface area contributed by atoms with Gasteiger partial charge in [0.1, 0.15) is 0 Å². The Labute approximate surface area is 108 Å². The molecule has 102 valence electrons. The maximum absolute atomic E-state index is 12.3. The molecular weight excluding hydrogens is 232 g/mol. The average Bonchev–Trinajstić information content (AvgIpc) is 2.75. The minimum absolute atomic E-state index is 0.0687. The third-order valence-electron chi connectivity index (χ3n) is 4.53. The van der Waals surface area contributed by atoms with E-state index in [1.807, 2.05) is 4.90 Å². The molecule has 2 saturated heterocycles. The first-order chi connectivity index (χ1) is 8.44. The molecule has 2 heterocycles. The predicted molar refractivity (Wildman–Crippen MR) is 67.1 cm³/mol. The number of likely N-dealkylation sites (tertiary alicyclic amines) is 1. The lowest BCUT2D eigenvalue weighted by molar-refractivity contribution is -0.153. The molecule has 2 rings (SSSR count). The zero-order chi connectivity index (χ0) is 13.3. The normalized spacial score (nSPS) is 31.3. The average molecular weight is 254 g/mol. The summed E-state index contributed by atoms with van der Waals surface area (Å²) in [5.74, 6) is -0.102. The Morgan fingerprint density at radius 1 is 1.28 bits per heavy atom. The van der Waals surface area contributed by atoms with Crippen LogP contribution in [-0.4, -0.2) is 48.1 Å². The maximum atomic E-state index is 12.3. The fourth-order valence-corrected chi connectivity index (χ4v) is 2.81. The van der Waals surface area contributed by atoms with E-state index in [1.165, 1.54) is 0 Å². The summed E-state index contributed by atoms with van der Waals surface area (Å²) in [4.78, 5) is 25.3. The van der Waals surface area contributed by atoms with Crippen LogP contribution >= 0.6 is 0 Å². The molecule has 0 radical (unpaired) electrons. The molecule has 5 nitrogen and oxygen atoms in total. The van der Waals surface area contributed by atoms with E-state index in [9.17, 15) is 9.59 Å². The molecule has 1 amide bonds. The van der Waals surface area contributed by atoms with Crippen molar-refractivity contribution in [2.24, 2.45) is 17.3 Å². The highest BCUT2D eigenvalue weighted by Gasteiger charge is 2.40. The van der Waals surface area contributed by atoms with Gasteiger partial charge >= 0.3 is 5.97 Å². The summed E-state index contributed by atoms with van der Waals surface area (Å²) in [5, 5.41) is 12.4. The van der Waals surface area contributed by atoms with Gasteiger partial charge < -0.3 is 15.3 Å². The smallest absolute Gasteiger partial charge is 0.309 e.